The SMILES string of the molecule is COCCNCCNS(=O)(=O)CCc1cccs1. The maximum Gasteiger partial charge on any atom is 0.211 e. The minimum Gasteiger partial charge on any atom is -0.383 e. The molecule has 0 aliphatic rings. The van der Waals surface area contributed by atoms with E-state index >= 15 is 0 Å². The van der Waals surface area contributed by atoms with E-state index in [2.05, 4.69) is 10.0 Å². The van der Waals surface area contributed by atoms with Gasteiger partial charge in [0.25, 0.3) is 0 Å². The van der Waals surface area contributed by atoms with Crippen molar-refractivity contribution in [2.24, 2.45) is 0 Å². The third-order valence-electron chi connectivity index (χ3n) is 2.30. The summed E-state index contributed by atoms with van der Waals surface area (Å²) in [5.41, 5.74) is 0. The average Bonchev–Trinajstić information content (AvgIpc) is 2.84. The van der Waals surface area contributed by atoms with Gasteiger partial charge in [0.15, 0.2) is 0 Å². The maximum atomic E-state index is 11.7. The van der Waals surface area contributed by atoms with Crippen molar-refractivity contribution in [3.8, 4) is 0 Å². The fraction of sp³-hybridized carbons (Fsp3) is 0.636. The highest BCUT2D eigenvalue weighted by Gasteiger charge is 2.09. The normalized spacial score (nSPS) is 11.8. The summed E-state index contributed by atoms with van der Waals surface area (Å²) in [4.78, 5) is 1.10. The number of hydrogen-bond donors (Lipinski definition) is 2. The Hall–Kier alpha value is -0.470. The molecular weight excluding hydrogens is 272 g/mol. The topological polar surface area (TPSA) is 67.4 Å². The van der Waals surface area contributed by atoms with Crippen molar-refractivity contribution < 1.29 is 13.2 Å². The second-order valence-electron chi connectivity index (χ2n) is 3.79. The summed E-state index contributed by atoms with van der Waals surface area (Å²) >= 11 is 1.58. The lowest BCUT2D eigenvalue weighted by molar-refractivity contribution is 0.199. The Morgan fingerprint density at radius 3 is 2.83 bits per heavy atom. The van der Waals surface area contributed by atoms with Gasteiger partial charge in [0, 0.05) is 31.6 Å². The predicted molar refractivity (Wildman–Crippen MR) is 74.6 cm³/mol. The van der Waals surface area contributed by atoms with E-state index in [1.807, 2.05) is 17.5 Å². The Morgan fingerprint density at radius 2 is 2.17 bits per heavy atom. The van der Waals surface area contributed by atoms with Crippen molar-refractivity contribution in [3.05, 3.63) is 22.4 Å². The molecule has 5 nitrogen and oxygen atoms in total. The van der Waals surface area contributed by atoms with Gasteiger partial charge >= 0.3 is 0 Å². The number of nitrogens with one attached hydrogen (secondary N) is 2. The van der Waals surface area contributed by atoms with Gasteiger partial charge in [0.05, 0.1) is 12.4 Å². The molecule has 1 aromatic rings. The summed E-state index contributed by atoms with van der Waals surface area (Å²) in [6.45, 7) is 2.39. The molecule has 0 fully saturated rings. The van der Waals surface area contributed by atoms with E-state index in [0.717, 1.165) is 11.4 Å². The molecule has 0 aliphatic heterocycles. The first-order chi connectivity index (χ1) is 8.64. The predicted octanol–water partition coefficient (Wildman–Crippen LogP) is 0.446. The van der Waals surface area contributed by atoms with Gasteiger partial charge in [-0.2, -0.15) is 0 Å². The van der Waals surface area contributed by atoms with Gasteiger partial charge in [0.1, 0.15) is 0 Å². The van der Waals surface area contributed by atoms with Gasteiger partial charge in [-0.1, -0.05) is 6.07 Å². The van der Waals surface area contributed by atoms with Crippen LogP contribution < -0.4 is 10.0 Å². The Bertz CT molecular complexity index is 404. The molecular formula is C11H20N2O3S2. The van der Waals surface area contributed by atoms with Crippen LogP contribution in [0.1, 0.15) is 4.88 Å². The summed E-state index contributed by atoms with van der Waals surface area (Å²) in [5.74, 6) is 0.144. The molecule has 0 saturated carbocycles. The molecule has 0 atom stereocenters. The average molecular weight is 292 g/mol. The van der Waals surface area contributed by atoms with Crippen molar-refractivity contribution in [2.75, 3.05) is 39.1 Å². The lowest BCUT2D eigenvalue weighted by Gasteiger charge is -2.07. The van der Waals surface area contributed by atoms with E-state index in [1.54, 1.807) is 18.4 Å². The molecule has 0 bridgehead atoms. The van der Waals surface area contributed by atoms with E-state index in [9.17, 15) is 8.42 Å². The van der Waals surface area contributed by atoms with Gasteiger partial charge < -0.3 is 10.1 Å². The molecule has 1 rings (SSSR count). The largest absolute Gasteiger partial charge is 0.383 e. The van der Waals surface area contributed by atoms with Gasteiger partial charge in [-0.15, -0.1) is 11.3 Å². The van der Waals surface area contributed by atoms with Gasteiger partial charge in [-0.25, -0.2) is 13.1 Å². The molecule has 0 radical (unpaired) electrons. The van der Waals surface area contributed by atoms with Crippen molar-refractivity contribution in [1.82, 2.24) is 10.0 Å². The lowest BCUT2D eigenvalue weighted by atomic mass is 10.4. The van der Waals surface area contributed by atoms with Crippen LogP contribution in [-0.2, 0) is 21.2 Å². The fourth-order valence-corrected chi connectivity index (χ4v) is 3.24. The van der Waals surface area contributed by atoms with Crippen LogP contribution in [0.2, 0.25) is 0 Å². The fourth-order valence-electron chi connectivity index (χ4n) is 1.36. The highest BCUT2D eigenvalue weighted by atomic mass is 32.2. The summed E-state index contributed by atoms with van der Waals surface area (Å²) in [5, 5.41) is 5.03. The highest BCUT2D eigenvalue weighted by Crippen LogP contribution is 2.09. The number of aryl methyl sites for hydroxylation is 1. The summed E-state index contributed by atoms with van der Waals surface area (Å²) in [6.07, 6.45) is 0.574. The molecule has 18 heavy (non-hydrogen) atoms. The summed E-state index contributed by atoms with van der Waals surface area (Å²) in [6, 6.07) is 3.88. The molecule has 0 unspecified atom stereocenters. The minimum atomic E-state index is -3.16. The first-order valence-corrected chi connectivity index (χ1v) is 8.36. The second-order valence-corrected chi connectivity index (χ2v) is 6.74. The van der Waals surface area contributed by atoms with Gasteiger partial charge in [0.2, 0.25) is 10.0 Å². The Morgan fingerprint density at radius 1 is 1.33 bits per heavy atom. The Balaban J connectivity index is 2.12. The van der Waals surface area contributed by atoms with E-state index < -0.39 is 10.0 Å². The van der Waals surface area contributed by atoms with Crippen LogP contribution in [0.4, 0.5) is 0 Å². The zero-order valence-electron chi connectivity index (χ0n) is 10.5. The van der Waals surface area contributed by atoms with Crippen LogP contribution in [0.5, 0.6) is 0 Å². The zero-order valence-corrected chi connectivity index (χ0v) is 12.1. The van der Waals surface area contributed by atoms with Crippen molar-refractivity contribution in [3.63, 3.8) is 0 Å². The summed E-state index contributed by atoms with van der Waals surface area (Å²) in [7, 11) is -1.53. The van der Waals surface area contributed by atoms with Crippen molar-refractivity contribution in [1.29, 1.82) is 0 Å². The molecule has 7 heteroatoms. The first-order valence-electron chi connectivity index (χ1n) is 5.83. The van der Waals surface area contributed by atoms with E-state index in [-0.39, 0.29) is 5.75 Å². The number of ether oxygens (including phenoxy) is 1. The third kappa shape index (κ3) is 7.07. The number of sulfonamides is 1. The highest BCUT2D eigenvalue weighted by molar-refractivity contribution is 7.89. The Labute approximate surface area is 113 Å². The van der Waals surface area contributed by atoms with E-state index in [1.165, 1.54) is 0 Å². The second kappa shape index (κ2) is 8.60. The molecule has 0 aliphatic carbocycles. The van der Waals surface area contributed by atoms with E-state index in [4.69, 9.17) is 4.74 Å². The lowest BCUT2D eigenvalue weighted by Crippen LogP contribution is -2.34. The van der Waals surface area contributed by atoms with Crippen LogP contribution in [0.15, 0.2) is 17.5 Å². The third-order valence-corrected chi connectivity index (χ3v) is 4.63. The van der Waals surface area contributed by atoms with Crippen LogP contribution in [0.25, 0.3) is 0 Å². The molecule has 104 valence electrons. The smallest absolute Gasteiger partial charge is 0.211 e. The van der Waals surface area contributed by atoms with Crippen LogP contribution in [0.3, 0.4) is 0 Å². The number of rotatable bonds is 10. The van der Waals surface area contributed by atoms with E-state index in [0.29, 0.717) is 26.1 Å². The molecule has 0 amide bonds. The molecule has 1 aromatic heterocycles. The van der Waals surface area contributed by atoms with Gasteiger partial charge in [-0.3, -0.25) is 0 Å². The molecule has 0 spiro atoms. The Kier molecular flexibility index (Phi) is 7.45. The molecule has 2 N–H and O–H groups in total. The maximum absolute atomic E-state index is 11.7. The molecule has 1 heterocycles. The monoisotopic (exact) mass is 292 g/mol. The quantitative estimate of drug-likeness (QED) is 0.614. The standard InChI is InChI=1S/C11H20N2O3S2/c1-16-8-7-12-5-6-13-18(14,15)10-4-11-3-2-9-17-11/h2-3,9,12-13H,4-8,10H2,1H3. The number of thiophene rings is 1. The molecule has 0 aromatic carbocycles. The number of methoxy groups -OCH3 is 1. The van der Waals surface area contributed by atoms with Crippen molar-refractivity contribution >= 4 is 21.4 Å². The van der Waals surface area contributed by atoms with Crippen LogP contribution in [0, 0.1) is 0 Å². The summed E-state index contributed by atoms with van der Waals surface area (Å²) < 4.78 is 30.8. The van der Waals surface area contributed by atoms with Crippen LogP contribution >= 0.6 is 11.3 Å². The molecule has 0 saturated heterocycles. The number of hydrogen-bond acceptors (Lipinski definition) is 5. The zero-order chi connectivity index (χ0) is 13.3. The van der Waals surface area contributed by atoms with Crippen LogP contribution in [-0.4, -0.2) is 47.5 Å². The minimum absolute atomic E-state index is 0.144. The van der Waals surface area contributed by atoms with Crippen molar-refractivity contribution in [2.45, 2.75) is 6.42 Å². The van der Waals surface area contributed by atoms with Gasteiger partial charge in [-0.05, 0) is 17.9 Å². The first kappa shape index (κ1) is 15.6.